The quantitative estimate of drug-likeness (QED) is 0.428. The van der Waals surface area contributed by atoms with Crippen molar-refractivity contribution in [1.29, 1.82) is 0 Å². The molecule has 0 amide bonds. The minimum absolute atomic E-state index is 1.60. The second-order valence-electron chi connectivity index (χ2n) is 1.37. The van der Waals surface area contributed by atoms with E-state index in [1.54, 1.807) is 21.8 Å². The fraction of sp³-hybridized carbons (Fsp3) is 0. The Morgan fingerprint density at radius 2 is 1.89 bits per heavy atom. The summed E-state index contributed by atoms with van der Waals surface area (Å²) < 4.78 is 3.02. The summed E-state index contributed by atoms with van der Waals surface area (Å²) in [7, 11) is 3.26. The van der Waals surface area contributed by atoms with Crippen molar-refractivity contribution in [2.75, 3.05) is 0 Å². The van der Waals surface area contributed by atoms with E-state index in [2.05, 4.69) is 4.72 Å². The second kappa shape index (κ2) is 4.58. The maximum absolute atomic E-state index is 3.02. The topological polar surface area (TPSA) is 12.0 Å². The van der Waals surface area contributed by atoms with Gasteiger partial charge in [0, 0.05) is 17.2 Å². The van der Waals surface area contributed by atoms with Crippen LogP contribution in [0, 0.1) is 0 Å². The van der Waals surface area contributed by atoms with E-state index >= 15 is 0 Å². The molecule has 0 saturated carbocycles. The van der Waals surface area contributed by atoms with Crippen LogP contribution in [0.3, 0.4) is 0 Å². The highest BCUT2D eigenvalue weighted by Crippen LogP contribution is 2.18. The molecule has 0 aromatic carbocycles. The molecule has 1 rings (SSSR count). The maximum Gasteiger partial charge on any atom is 0.0229 e. The van der Waals surface area contributed by atoms with Gasteiger partial charge >= 0.3 is 0 Å². The smallest absolute Gasteiger partial charge is 0.0229 e. The molecule has 0 aromatic rings. The van der Waals surface area contributed by atoms with Crippen LogP contribution in [0.4, 0.5) is 0 Å². The molecule has 0 fully saturated rings. The highest BCUT2D eigenvalue weighted by atomic mass is 33.1. The van der Waals surface area contributed by atoms with Crippen LogP contribution in [0.15, 0.2) is 35.9 Å². The SMILES string of the molecule is C1=CC=CSSNC=C1. The number of rotatable bonds is 0. The molecule has 3 heteroatoms. The molecule has 0 spiro atoms. The van der Waals surface area contributed by atoms with Crippen LogP contribution in [0.1, 0.15) is 0 Å². The van der Waals surface area contributed by atoms with E-state index in [0.717, 1.165) is 0 Å². The first kappa shape index (κ1) is 6.83. The molecule has 0 saturated heterocycles. The lowest BCUT2D eigenvalue weighted by Gasteiger charge is -1.89. The predicted octanol–water partition coefficient (Wildman–Crippen LogP) is 2.47. The second-order valence-corrected chi connectivity index (χ2v) is 3.31. The standard InChI is InChI=1S/C6H7NS2/c1-2-4-6-8-9-7-5-3-1/h1-7H. The molecule has 0 bridgehead atoms. The first-order valence-electron chi connectivity index (χ1n) is 2.56. The number of hydrogen-bond acceptors (Lipinski definition) is 3. The van der Waals surface area contributed by atoms with Crippen LogP contribution in [0.25, 0.3) is 0 Å². The summed E-state index contributed by atoms with van der Waals surface area (Å²) in [5.41, 5.74) is 0. The summed E-state index contributed by atoms with van der Waals surface area (Å²) in [4.78, 5) is 0. The third-order valence-electron chi connectivity index (χ3n) is 0.728. The third-order valence-corrected chi connectivity index (χ3v) is 2.24. The molecule has 0 atom stereocenters. The van der Waals surface area contributed by atoms with Gasteiger partial charge in [-0.1, -0.05) is 18.2 Å². The van der Waals surface area contributed by atoms with Gasteiger partial charge in [0.1, 0.15) is 0 Å². The van der Waals surface area contributed by atoms with Gasteiger partial charge in [0.2, 0.25) is 0 Å². The van der Waals surface area contributed by atoms with Crippen LogP contribution in [-0.2, 0) is 0 Å². The molecule has 1 aliphatic heterocycles. The van der Waals surface area contributed by atoms with E-state index < -0.39 is 0 Å². The van der Waals surface area contributed by atoms with Crippen LogP contribution in [-0.4, -0.2) is 0 Å². The van der Waals surface area contributed by atoms with Crippen molar-refractivity contribution in [3.63, 3.8) is 0 Å². The molecule has 9 heavy (non-hydrogen) atoms. The van der Waals surface area contributed by atoms with Gasteiger partial charge in [-0.25, -0.2) is 0 Å². The van der Waals surface area contributed by atoms with Gasteiger partial charge in [-0.2, -0.15) is 0 Å². The summed E-state index contributed by atoms with van der Waals surface area (Å²) in [6.45, 7) is 0. The van der Waals surface area contributed by atoms with Crippen molar-refractivity contribution in [2.45, 2.75) is 0 Å². The summed E-state index contributed by atoms with van der Waals surface area (Å²) in [5.74, 6) is 0. The molecular weight excluding hydrogens is 150 g/mol. The Morgan fingerprint density at radius 3 is 2.89 bits per heavy atom. The summed E-state index contributed by atoms with van der Waals surface area (Å²) in [6, 6.07) is 0. The Labute approximate surface area is 62.8 Å². The lowest BCUT2D eigenvalue weighted by atomic mass is 10.5. The molecule has 1 nitrogen and oxygen atoms in total. The van der Waals surface area contributed by atoms with Gasteiger partial charge in [-0.15, -0.1) is 0 Å². The Balaban J connectivity index is 2.45. The van der Waals surface area contributed by atoms with E-state index in [1.807, 2.05) is 35.9 Å². The van der Waals surface area contributed by atoms with Crippen molar-refractivity contribution in [3.05, 3.63) is 35.9 Å². The van der Waals surface area contributed by atoms with Crippen LogP contribution in [0.2, 0.25) is 0 Å². The van der Waals surface area contributed by atoms with Gasteiger partial charge in [-0.05, 0) is 22.3 Å². The minimum Gasteiger partial charge on any atom is -0.327 e. The summed E-state index contributed by atoms with van der Waals surface area (Å²) in [6.07, 6.45) is 9.85. The molecule has 0 radical (unpaired) electrons. The Morgan fingerprint density at radius 1 is 1.00 bits per heavy atom. The Bertz CT molecular complexity index is 133. The van der Waals surface area contributed by atoms with Crippen molar-refractivity contribution >= 4 is 21.8 Å². The average molecular weight is 157 g/mol. The van der Waals surface area contributed by atoms with E-state index in [-0.39, 0.29) is 0 Å². The fourth-order valence-corrected chi connectivity index (χ4v) is 1.48. The minimum atomic E-state index is 1.60. The van der Waals surface area contributed by atoms with Gasteiger partial charge in [0.15, 0.2) is 0 Å². The molecule has 0 unspecified atom stereocenters. The Hall–Kier alpha value is -0.280. The van der Waals surface area contributed by atoms with Crippen molar-refractivity contribution in [1.82, 2.24) is 4.72 Å². The first-order valence-corrected chi connectivity index (χ1v) is 4.77. The zero-order valence-corrected chi connectivity index (χ0v) is 6.41. The average Bonchev–Trinajstić information content (AvgIpc) is 2.00. The van der Waals surface area contributed by atoms with E-state index in [4.69, 9.17) is 0 Å². The van der Waals surface area contributed by atoms with Crippen molar-refractivity contribution < 1.29 is 0 Å². The number of hydrogen-bond donors (Lipinski definition) is 1. The van der Waals surface area contributed by atoms with Gasteiger partial charge < -0.3 is 4.72 Å². The number of nitrogens with one attached hydrogen (secondary N) is 1. The van der Waals surface area contributed by atoms with E-state index in [9.17, 15) is 0 Å². The lowest BCUT2D eigenvalue weighted by Crippen LogP contribution is -1.83. The monoisotopic (exact) mass is 157 g/mol. The summed E-state index contributed by atoms with van der Waals surface area (Å²) >= 11 is 0. The normalized spacial score (nSPS) is 17.8. The predicted molar refractivity (Wildman–Crippen MR) is 45.7 cm³/mol. The molecular formula is C6H7NS2. The Kier molecular flexibility index (Phi) is 3.48. The van der Waals surface area contributed by atoms with Gasteiger partial charge in [-0.3, -0.25) is 0 Å². The molecule has 1 N–H and O–H groups in total. The summed E-state index contributed by atoms with van der Waals surface area (Å²) in [5, 5.41) is 2.03. The fourth-order valence-electron chi connectivity index (χ4n) is 0.384. The van der Waals surface area contributed by atoms with Crippen molar-refractivity contribution in [3.8, 4) is 0 Å². The zero-order chi connectivity index (χ0) is 6.36. The van der Waals surface area contributed by atoms with Crippen LogP contribution < -0.4 is 4.72 Å². The van der Waals surface area contributed by atoms with Crippen LogP contribution >= 0.6 is 21.8 Å². The molecule has 48 valence electrons. The maximum atomic E-state index is 3.02. The van der Waals surface area contributed by atoms with Gasteiger partial charge in [0.05, 0.1) is 0 Å². The largest absolute Gasteiger partial charge is 0.327 e. The third kappa shape index (κ3) is 3.32. The van der Waals surface area contributed by atoms with E-state index in [1.165, 1.54) is 0 Å². The highest BCUT2D eigenvalue weighted by Gasteiger charge is 1.78. The number of allylic oxidation sites excluding steroid dienone is 4. The van der Waals surface area contributed by atoms with Crippen LogP contribution in [0.5, 0.6) is 0 Å². The zero-order valence-electron chi connectivity index (χ0n) is 4.78. The highest BCUT2D eigenvalue weighted by molar-refractivity contribution is 8.77. The first-order chi connectivity index (χ1) is 4.50. The molecule has 0 aromatic heterocycles. The van der Waals surface area contributed by atoms with Crippen molar-refractivity contribution in [2.24, 2.45) is 0 Å². The molecule has 0 aliphatic carbocycles. The molecule has 1 aliphatic rings. The van der Waals surface area contributed by atoms with E-state index in [0.29, 0.717) is 0 Å². The lowest BCUT2D eigenvalue weighted by molar-refractivity contribution is 1.43. The molecule has 1 heterocycles. The van der Waals surface area contributed by atoms with Gasteiger partial charge in [0.25, 0.3) is 0 Å².